The Labute approximate surface area is 147 Å². The fraction of sp³-hybridized carbons (Fsp3) is 0.950. The molecule has 23 heavy (non-hydrogen) atoms. The summed E-state index contributed by atoms with van der Waals surface area (Å²) in [4.78, 5) is 11.8. The minimum atomic E-state index is -0.381. The van der Waals surface area contributed by atoms with Gasteiger partial charge in [0.05, 0.1) is 0 Å². The summed E-state index contributed by atoms with van der Waals surface area (Å²) in [7, 11) is 0. The molecule has 0 fully saturated rings. The van der Waals surface area contributed by atoms with Crippen LogP contribution in [0.2, 0.25) is 0 Å². The van der Waals surface area contributed by atoms with Crippen molar-refractivity contribution in [1.29, 1.82) is 0 Å². The second-order valence-electron chi connectivity index (χ2n) is 6.55. The van der Waals surface area contributed by atoms with Crippen LogP contribution in [0, 0.1) is 5.92 Å². The van der Waals surface area contributed by atoms with Crippen LogP contribution in [-0.4, -0.2) is 18.2 Å². The number of amides is 1. The molecule has 0 aliphatic rings. The molecule has 0 aliphatic carbocycles. The van der Waals surface area contributed by atoms with E-state index in [1.165, 1.54) is 38.5 Å². The zero-order valence-electron chi connectivity index (χ0n) is 17.0. The summed E-state index contributed by atoms with van der Waals surface area (Å²) < 4.78 is 5.59. The van der Waals surface area contributed by atoms with Gasteiger partial charge < -0.3 is 10.1 Å². The Kier molecular flexibility index (Phi) is 17.2. The van der Waals surface area contributed by atoms with Gasteiger partial charge in [-0.15, -0.1) is 0 Å². The molecule has 0 saturated heterocycles. The average molecular weight is 332 g/mol. The van der Waals surface area contributed by atoms with E-state index in [2.05, 4.69) is 26.1 Å². The lowest BCUT2D eigenvalue weighted by molar-refractivity contribution is -0.00885. The third-order valence-corrected chi connectivity index (χ3v) is 4.37. The van der Waals surface area contributed by atoms with Crippen molar-refractivity contribution in [2.75, 3.05) is 6.54 Å². The van der Waals surface area contributed by atoms with Gasteiger partial charge in [-0.2, -0.15) is 0 Å². The number of hydrogen-bond acceptors (Lipinski definition) is 2. The predicted octanol–water partition coefficient (Wildman–Crippen LogP) is 6.95. The van der Waals surface area contributed by atoms with Gasteiger partial charge in [0, 0.05) is 7.97 Å². The van der Waals surface area contributed by atoms with Crippen molar-refractivity contribution in [1.82, 2.24) is 5.32 Å². The molecule has 1 N–H and O–H groups in total. The zero-order valence-corrected chi connectivity index (χ0v) is 17.0. The topological polar surface area (TPSA) is 38.3 Å². The summed E-state index contributed by atoms with van der Waals surface area (Å²) in [5.41, 5.74) is -0.381. The maximum Gasteiger partial charge on any atom is 0.407 e. The Hall–Kier alpha value is -0.730. The van der Waals surface area contributed by atoms with Crippen LogP contribution in [0.4, 0.5) is 4.79 Å². The quantitative estimate of drug-likeness (QED) is 0.393. The van der Waals surface area contributed by atoms with Gasteiger partial charge in [0.1, 0.15) is 5.60 Å². The molecule has 0 aromatic rings. The van der Waals surface area contributed by atoms with E-state index in [0.717, 1.165) is 25.8 Å². The van der Waals surface area contributed by atoms with E-state index in [9.17, 15) is 4.79 Å². The van der Waals surface area contributed by atoms with Crippen LogP contribution in [0.1, 0.15) is 108 Å². The third kappa shape index (κ3) is 13.4. The molecule has 0 radical (unpaired) electrons. The van der Waals surface area contributed by atoms with Gasteiger partial charge in [0.2, 0.25) is 0 Å². The van der Waals surface area contributed by atoms with Crippen LogP contribution in [0.5, 0.6) is 0 Å². The maximum atomic E-state index is 11.8. The molecule has 1 amide bonds. The molecular weight excluding hydrogens is 286 g/mol. The first-order chi connectivity index (χ1) is 11.0. The van der Waals surface area contributed by atoms with E-state index in [4.69, 9.17) is 4.74 Å². The van der Waals surface area contributed by atoms with E-state index in [0.29, 0.717) is 5.92 Å². The molecule has 0 saturated carbocycles. The van der Waals surface area contributed by atoms with Crippen molar-refractivity contribution in [2.45, 2.75) is 112 Å². The SMILES string of the molecule is CC.CCCCCCCCCNC(=O)OC(C)(C)C(CC)CC.[HH]. The number of hydrogen-bond donors (Lipinski definition) is 1. The Balaban J connectivity index is -0.00000141. The number of rotatable bonds is 12. The molecule has 142 valence electrons. The molecule has 0 heterocycles. The van der Waals surface area contributed by atoms with Crippen molar-refractivity contribution < 1.29 is 11.0 Å². The molecule has 3 heteroatoms. The highest BCUT2D eigenvalue weighted by Gasteiger charge is 2.30. The largest absolute Gasteiger partial charge is 0.443 e. The van der Waals surface area contributed by atoms with E-state index < -0.39 is 0 Å². The predicted molar refractivity (Wildman–Crippen MR) is 104 cm³/mol. The average Bonchev–Trinajstić information content (AvgIpc) is 2.52. The molecule has 0 bridgehead atoms. The maximum absolute atomic E-state index is 11.8. The van der Waals surface area contributed by atoms with Gasteiger partial charge in [-0.1, -0.05) is 73.1 Å². The van der Waals surface area contributed by atoms with Crippen LogP contribution in [0.3, 0.4) is 0 Å². The first-order valence-electron chi connectivity index (χ1n) is 9.94. The summed E-state index contributed by atoms with van der Waals surface area (Å²) >= 11 is 0. The fourth-order valence-corrected chi connectivity index (χ4v) is 2.90. The molecule has 0 aromatic heterocycles. The van der Waals surface area contributed by atoms with Crippen LogP contribution in [0.15, 0.2) is 0 Å². The second kappa shape index (κ2) is 16.1. The van der Waals surface area contributed by atoms with Gasteiger partial charge in [-0.3, -0.25) is 0 Å². The summed E-state index contributed by atoms with van der Waals surface area (Å²) in [6, 6.07) is 0. The zero-order chi connectivity index (χ0) is 18.1. The van der Waals surface area contributed by atoms with Gasteiger partial charge in [0.15, 0.2) is 0 Å². The summed E-state index contributed by atoms with van der Waals surface area (Å²) in [5, 5.41) is 2.88. The third-order valence-electron chi connectivity index (χ3n) is 4.37. The van der Waals surface area contributed by atoms with Gasteiger partial charge in [-0.05, 0) is 39.0 Å². The van der Waals surface area contributed by atoms with Crippen LogP contribution in [0.25, 0.3) is 0 Å². The van der Waals surface area contributed by atoms with Crippen LogP contribution >= 0.6 is 0 Å². The van der Waals surface area contributed by atoms with Crippen molar-refractivity contribution in [3.8, 4) is 0 Å². The fourth-order valence-electron chi connectivity index (χ4n) is 2.90. The van der Waals surface area contributed by atoms with E-state index in [-0.39, 0.29) is 13.1 Å². The van der Waals surface area contributed by atoms with Gasteiger partial charge in [-0.25, -0.2) is 4.79 Å². The Morgan fingerprint density at radius 2 is 1.43 bits per heavy atom. The number of carbonyl (C=O) groups is 1. The summed E-state index contributed by atoms with van der Waals surface area (Å²) in [6.07, 6.45) is 10.6. The molecular formula is C20H45NO2. The first kappa shape index (κ1) is 24.5. The monoisotopic (exact) mass is 331 g/mol. The lowest BCUT2D eigenvalue weighted by atomic mass is 9.86. The number of ether oxygens (including phenoxy) is 1. The lowest BCUT2D eigenvalue weighted by Crippen LogP contribution is -2.40. The molecule has 0 atom stereocenters. The Morgan fingerprint density at radius 1 is 0.957 bits per heavy atom. The second-order valence-corrected chi connectivity index (χ2v) is 6.55. The smallest absolute Gasteiger partial charge is 0.407 e. The van der Waals surface area contributed by atoms with E-state index in [1.807, 2.05) is 27.7 Å². The Bertz CT molecular complexity index is 266. The lowest BCUT2D eigenvalue weighted by Gasteiger charge is -2.32. The number of alkyl carbamates (subject to hydrolysis) is 1. The number of nitrogens with one attached hydrogen (secondary N) is 1. The highest BCUT2D eigenvalue weighted by Crippen LogP contribution is 2.27. The Morgan fingerprint density at radius 3 is 1.91 bits per heavy atom. The molecule has 0 aliphatic heterocycles. The minimum absolute atomic E-state index is 0. The molecule has 0 unspecified atom stereocenters. The van der Waals surface area contributed by atoms with Crippen LogP contribution < -0.4 is 5.32 Å². The highest BCUT2D eigenvalue weighted by molar-refractivity contribution is 5.67. The van der Waals surface area contributed by atoms with E-state index >= 15 is 0 Å². The van der Waals surface area contributed by atoms with Crippen molar-refractivity contribution in [2.24, 2.45) is 5.92 Å². The molecule has 0 rings (SSSR count). The summed E-state index contributed by atoms with van der Waals surface area (Å²) in [6.45, 7) is 15.3. The summed E-state index contributed by atoms with van der Waals surface area (Å²) in [5.74, 6) is 0.418. The molecule has 0 spiro atoms. The van der Waals surface area contributed by atoms with Gasteiger partial charge in [0.25, 0.3) is 0 Å². The normalized spacial score (nSPS) is 11.0. The minimum Gasteiger partial charge on any atom is -0.443 e. The number of unbranched alkanes of at least 4 members (excludes halogenated alkanes) is 6. The van der Waals surface area contributed by atoms with Crippen molar-refractivity contribution in [3.63, 3.8) is 0 Å². The van der Waals surface area contributed by atoms with Crippen molar-refractivity contribution in [3.05, 3.63) is 0 Å². The standard InChI is InChI=1S/C18H37NO2.C2H6.H2/c1-6-9-10-11-12-13-14-15-19-17(20)21-18(4,5)16(7-2)8-3;1-2;/h16H,6-15H2,1-5H3,(H,19,20);1-2H3;1H. The van der Waals surface area contributed by atoms with Gasteiger partial charge >= 0.3 is 6.09 Å². The molecule has 0 aromatic carbocycles. The van der Waals surface area contributed by atoms with Crippen LogP contribution in [-0.2, 0) is 4.74 Å². The first-order valence-corrected chi connectivity index (χ1v) is 9.94. The highest BCUT2D eigenvalue weighted by atomic mass is 16.6. The van der Waals surface area contributed by atoms with Crippen molar-refractivity contribution >= 4 is 6.09 Å². The van der Waals surface area contributed by atoms with E-state index in [1.54, 1.807) is 0 Å². The molecule has 3 nitrogen and oxygen atoms in total. The number of carbonyl (C=O) groups excluding carboxylic acids is 1.